The van der Waals surface area contributed by atoms with Crippen LogP contribution in [-0.2, 0) is 23.0 Å². The number of hydrogen-bond donors (Lipinski definition) is 2. The molecule has 0 fully saturated rings. The third-order valence-corrected chi connectivity index (χ3v) is 5.30. The topological polar surface area (TPSA) is 116 Å². The number of amides is 1. The van der Waals surface area contributed by atoms with Crippen LogP contribution in [0.5, 0.6) is 5.75 Å². The average Bonchev–Trinajstić information content (AvgIpc) is 3.04. The maximum Gasteiger partial charge on any atom is 0.271 e. The van der Waals surface area contributed by atoms with Crippen LogP contribution in [0.15, 0.2) is 29.3 Å². The molecule has 0 unspecified atom stereocenters. The minimum atomic E-state index is -3.98. The van der Waals surface area contributed by atoms with Gasteiger partial charge in [-0.05, 0) is 32.4 Å². The molecule has 0 radical (unpaired) electrons. The van der Waals surface area contributed by atoms with E-state index in [1.54, 1.807) is 6.07 Å². The van der Waals surface area contributed by atoms with Gasteiger partial charge in [-0.15, -0.1) is 0 Å². The fourth-order valence-electron chi connectivity index (χ4n) is 2.84. The van der Waals surface area contributed by atoms with E-state index in [1.807, 2.05) is 26.8 Å². The number of sulfonamides is 1. The summed E-state index contributed by atoms with van der Waals surface area (Å²) in [7, 11) is -3.98. The zero-order valence-electron chi connectivity index (χ0n) is 14.2. The zero-order chi connectivity index (χ0) is 18.4. The highest BCUT2D eigenvalue weighted by Crippen LogP contribution is 2.40. The van der Waals surface area contributed by atoms with E-state index in [0.29, 0.717) is 18.7 Å². The van der Waals surface area contributed by atoms with Crippen LogP contribution in [0.25, 0.3) is 0 Å². The Morgan fingerprint density at radius 3 is 2.80 bits per heavy atom. The van der Waals surface area contributed by atoms with E-state index in [9.17, 15) is 13.2 Å². The van der Waals surface area contributed by atoms with E-state index in [2.05, 4.69) is 9.82 Å². The molecule has 25 heavy (non-hydrogen) atoms. The first-order chi connectivity index (χ1) is 11.6. The van der Waals surface area contributed by atoms with Crippen molar-refractivity contribution in [1.82, 2.24) is 9.78 Å². The molecule has 0 atom stereocenters. The van der Waals surface area contributed by atoms with E-state index in [1.165, 1.54) is 16.9 Å². The number of hydrogen-bond acceptors (Lipinski definition) is 5. The Balaban J connectivity index is 2.02. The predicted molar refractivity (Wildman–Crippen MR) is 92.1 cm³/mol. The summed E-state index contributed by atoms with van der Waals surface area (Å²) in [5.41, 5.74) is 5.56. The Hall–Kier alpha value is -2.55. The minimum Gasteiger partial charge on any atom is -0.486 e. The number of para-hydroxylation sites is 1. The summed E-state index contributed by atoms with van der Waals surface area (Å²) < 4.78 is 35.4. The minimum absolute atomic E-state index is 0.0234. The van der Waals surface area contributed by atoms with Crippen LogP contribution in [0, 0.1) is 0 Å². The quantitative estimate of drug-likeness (QED) is 0.834. The monoisotopic (exact) mass is 364 g/mol. The molecule has 0 saturated heterocycles. The molecule has 2 aromatic rings. The normalized spacial score (nSPS) is 15.5. The fourth-order valence-corrected chi connectivity index (χ4v) is 4.06. The highest BCUT2D eigenvalue weighted by Gasteiger charge is 2.35. The van der Waals surface area contributed by atoms with E-state index in [0.717, 1.165) is 5.56 Å². The second kappa shape index (κ2) is 5.76. The third kappa shape index (κ3) is 3.19. The number of aryl methyl sites for hydroxylation is 1. The number of primary amides is 1. The number of rotatable bonds is 5. The van der Waals surface area contributed by atoms with Crippen molar-refractivity contribution in [2.75, 3.05) is 4.72 Å². The molecule has 0 saturated carbocycles. The summed E-state index contributed by atoms with van der Waals surface area (Å²) in [4.78, 5) is 11.6. The van der Waals surface area contributed by atoms with Gasteiger partial charge in [-0.1, -0.05) is 12.1 Å². The van der Waals surface area contributed by atoms with Gasteiger partial charge in [-0.3, -0.25) is 14.2 Å². The lowest BCUT2D eigenvalue weighted by atomic mass is 10.0. The van der Waals surface area contributed by atoms with E-state index in [4.69, 9.17) is 10.5 Å². The number of ether oxygens (including phenoxy) is 1. The lowest BCUT2D eigenvalue weighted by molar-refractivity contribution is 0.0995. The van der Waals surface area contributed by atoms with Crippen molar-refractivity contribution in [2.45, 2.75) is 44.2 Å². The summed E-state index contributed by atoms with van der Waals surface area (Å²) >= 11 is 0. The maximum atomic E-state index is 12.9. The molecule has 1 aromatic carbocycles. The van der Waals surface area contributed by atoms with Crippen LogP contribution in [0.3, 0.4) is 0 Å². The molecule has 9 heteroatoms. The van der Waals surface area contributed by atoms with Crippen molar-refractivity contribution in [3.63, 3.8) is 0 Å². The van der Waals surface area contributed by atoms with Crippen LogP contribution in [-0.4, -0.2) is 29.7 Å². The number of benzene rings is 1. The maximum absolute atomic E-state index is 12.9. The van der Waals surface area contributed by atoms with E-state index < -0.39 is 21.5 Å². The van der Waals surface area contributed by atoms with Gasteiger partial charge in [0.25, 0.3) is 15.9 Å². The van der Waals surface area contributed by atoms with Crippen molar-refractivity contribution in [3.8, 4) is 5.75 Å². The first-order valence-corrected chi connectivity index (χ1v) is 9.32. The Morgan fingerprint density at radius 1 is 1.44 bits per heavy atom. The summed E-state index contributed by atoms with van der Waals surface area (Å²) in [5, 5.41) is 3.99. The van der Waals surface area contributed by atoms with Crippen LogP contribution in [0.2, 0.25) is 0 Å². The smallest absolute Gasteiger partial charge is 0.271 e. The molecular weight excluding hydrogens is 344 g/mol. The second-order valence-electron chi connectivity index (χ2n) is 6.50. The summed E-state index contributed by atoms with van der Waals surface area (Å²) in [6.07, 6.45) is 2.05. The molecule has 0 spiro atoms. The van der Waals surface area contributed by atoms with Crippen molar-refractivity contribution in [3.05, 3.63) is 35.7 Å². The van der Waals surface area contributed by atoms with Gasteiger partial charge in [0.1, 0.15) is 16.2 Å². The van der Waals surface area contributed by atoms with Gasteiger partial charge in [0, 0.05) is 19.2 Å². The van der Waals surface area contributed by atoms with Crippen LogP contribution in [0.1, 0.15) is 36.8 Å². The Kier molecular flexibility index (Phi) is 3.98. The molecule has 3 rings (SSSR count). The van der Waals surface area contributed by atoms with Crippen molar-refractivity contribution in [1.29, 1.82) is 0 Å². The van der Waals surface area contributed by atoms with Gasteiger partial charge >= 0.3 is 0 Å². The van der Waals surface area contributed by atoms with Crippen molar-refractivity contribution in [2.24, 2.45) is 5.73 Å². The zero-order valence-corrected chi connectivity index (χ0v) is 15.1. The first kappa shape index (κ1) is 17.3. The molecule has 1 amide bonds. The third-order valence-electron chi connectivity index (χ3n) is 3.91. The van der Waals surface area contributed by atoms with Crippen molar-refractivity contribution >= 4 is 21.6 Å². The number of aromatic nitrogens is 2. The molecule has 1 aliphatic rings. The Morgan fingerprint density at radius 2 is 2.16 bits per heavy atom. The number of nitrogens with one attached hydrogen (secondary N) is 1. The molecule has 134 valence electrons. The SMILES string of the molecule is CCn1cc(NS(=O)(=O)c2cccc3c2OC(C)(C)C3)c(C(N)=O)n1. The van der Waals surface area contributed by atoms with E-state index in [-0.39, 0.29) is 16.3 Å². The van der Waals surface area contributed by atoms with Gasteiger partial charge in [0.15, 0.2) is 5.69 Å². The standard InChI is InChI=1S/C16H20N4O4S/c1-4-20-9-11(13(18-20)15(17)21)19-25(22,23)12-7-5-6-10-8-16(2,3)24-14(10)12/h5-7,9,19H,4,8H2,1-3H3,(H2,17,21). The fraction of sp³-hybridized carbons (Fsp3) is 0.375. The number of fused-ring (bicyclic) bond motifs is 1. The largest absolute Gasteiger partial charge is 0.486 e. The van der Waals surface area contributed by atoms with Gasteiger partial charge in [-0.25, -0.2) is 8.42 Å². The summed E-state index contributed by atoms with van der Waals surface area (Å²) in [6, 6.07) is 4.98. The lowest BCUT2D eigenvalue weighted by Crippen LogP contribution is -2.25. The molecule has 1 aromatic heterocycles. The lowest BCUT2D eigenvalue weighted by Gasteiger charge is -2.18. The van der Waals surface area contributed by atoms with Crippen LogP contribution < -0.4 is 15.2 Å². The summed E-state index contributed by atoms with van der Waals surface area (Å²) in [5.74, 6) is -0.468. The molecule has 8 nitrogen and oxygen atoms in total. The van der Waals surface area contributed by atoms with E-state index >= 15 is 0 Å². The second-order valence-corrected chi connectivity index (χ2v) is 8.15. The Bertz CT molecular complexity index is 947. The number of carbonyl (C=O) groups excluding carboxylic acids is 1. The molecule has 0 aliphatic carbocycles. The molecule has 3 N–H and O–H groups in total. The molecule has 0 bridgehead atoms. The molecule has 1 aliphatic heterocycles. The van der Waals surface area contributed by atoms with Crippen molar-refractivity contribution < 1.29 is 17.9 Å². The van der Waals surface area contributed by atoms with Gasteiger partial charge in [-0.2, -0.15) is 5.10 Å². The number of nitrogens with two attached hydrogens (primary N) is 1. The number of carbonyl (C=O) groups is 1. The highest BCUT2D eigenvalue weighted by atomic mass is 32.2. The highest BCUT2D eigenvalue weighted by molar-refractivity contribution is 7.92. The predicted octanol–water partition coefficient (Wildman–Crippen LogP) is 1.52. The first-order valence-electron chi connectivity index (χ1n) is 7.84. The molecular formula is C16H20N4O4S. The van der Waals surface area contributed by atoms with Gasteiger partial charge in [0.05, 0.1) is 5.69 Å². The summed E-state index contributed by atoms with van der Waals surface area (Å²) in [6.45, 7) is 6.08. The average molecular weight is 364 g/mol. The number of anilines is 1. The van der Waals surface area contributed by atoms with Gasteiger partial charge in [0.2, 0.25) is 0 Å². The number of nitrogens with zero attached hydrogens (tertiary/aromatic N) is 2. The molecule has 2 heterocycles. The van der Waals surface area contributed by atoms with Gasteiger partial charge < -0.3 is 10.5 Å². The Labute approximate surface area is 146 Å². The van der Waals surface area contributed by atoms with Crippen LogP contribution >= 0.6 is 0 Å². The van der Waals surface area contributed by atoms with Crippen LogP contribution in [0.4, 0.5) is 5.69 Å².